The van der Waals surface area contributed by atoms with Crippen LogP contribution in [0.4, 0.5) is 16.3 Å². The number of carbonyl (C=O) groups excluding carboxylic acids is 1. The molecule has 2 unspecified atom stereocenters. The van der Waals surface area contributed by atoms with E-state index in [1.165, 1.54) is 12.7 Å². The Morgan fingerprint density at radius 3 is 2.65 bits per heavy atom. The number of fused-ring (bicyclic) bond motifs is 4. The summed E-state index contributed by atoms with van der Waals surface area (Å²) in [5, 5.41) is 8.24. The quantitative estimate of drug-likeness (QED) is 0.210. The number of aromatic nitrogens is 6. The molecule has 2 atom stereocenters. The van der Waals surface area contributed by atoms with Crippen molar-refractivity contribution in [2.75, 3.05) is 12.4 Å². The first-order valence-corrected chi connectivity index (χ1v) is 15.4. The van der Waals surface area contributed by atoms with Crippen LogP contribution in [0, 0.1) is 6.92 Å². The highest BCUT2D eigenvalue weighted by Crippen LogP contribution is 2.48. The van der Waals surface area contributed by atoms with Crippen molar-refractivity contribution < 1.29 is 23.7 Å². The molecule has 2 fully saturated rings. The third-order valence-corrected chi connectivity index (χ3v) is 8.39. The Morgan fingerprint density at radius 1 is 0.978 bits per heavy atom. The standard InChI is InChI=1S/C33H36N8O5/c1-20-13-21(8-9-25(20)44-29-16-28-35-18-38-40(28)19-37-29)39-30-23-14-27(26(43-5)15-24(23)34-17-36-30)45-33-11-6-7-22(10-12-33)41(33)31(42)46-32(2,3)4/h8-9,13-19,22H,6-7,10-12H2,1-5H3,(H,34,36,39). The minimum atomic E-state index is -0.824. The molecule has 5 heterocycles. The summed E-state index contributed by atoms with van der Waals surface area (Å²) < 4.78 is 26.0. The second-order valence-electron chi connectivity index (χ2n) is 12.7. The Hall–Kier alpha value is -5.20. The summed E-state index contributed by atoms with van der Waals surface area (Å²) in [4.78, 5) is 32.8. The van der Waals surface area contributed by atoms with Crippen molar-refractivity contribution in [2.45, 2.75) is 77.2 Å². The lowest BCUT2D eigenvalue weighted by atomic mass is 10.00. The number of anilines is 2. The number of amides is 1. The Morgan fingerprint density at radius 2 is 1.85 bits per heavy atom. The molecule has 0 saturated carbocycles. The number of methoxy groups -OCH3 is 1. The van der Waals surface area contributed by atoms with Crippen LogP contribution in [0.15, 0.2) is 55.4 Å². The second kappa shape index (κ2) is 11.3. The van der Waals surface area contributed by atoms with E-state index in [0.29, 0.717) is 53.0 Å². The maximum absolute atomic E-state index is 13.4. The highest BCUT2D eigenvalue weighted by atomic mass is 16.6. The molecule has 13 heteroatoms. The highest BCUT2D eigenvalue weighted by molar-refractivity contribution is 5.93. The molecule has 0 spiro atoms. The highest BCUT2D eigenvalue weighted by Gasteiger charge is 2.54. The predicted octanol–water partition coefficient (Wildman–Crippen LogP) is 6.58. The summed E-state index contributed by atoms with van der Waals surface area (Å²) in [6, 6.07) is 11.3. The summed E-state index contributed by atoms with van der Waals surface area (Å²) in [6.45, 7) is 7.60. The molecule has 7 rings (SSSR count). The molecule has 0 aliphatic carbocycles. The summed E-state index contributed by atoms with van der Waals surface area (Å²) in [5.41, 5.74) is 1.60. The van der Waals surface area contributed by atoms with Crippen molar-refractivity contribution in [1.29, 1.82) is 0 Å². The number of aryl methyl sites for hydroxylation is 1. The summed E-state index contributed by atoms with van der Waals surface area (Å²) in [6.07, 6.45) is 8.34. The van der Waals surface area contributed by atoms with Crippen LogP contribution in [-0.2, 0) is 4.74 Å². The zero-order valence-corrected chi connectivity index (χ0v) is 26.5. The molecule has 2 saturated heterocycles. The van der Waals surface area contributed by atoms with Gasteiger partial charge in [0.25, 0.3) is 0 Å². The summed E-state index contributed by atoms with van der Waals surface area (Å²) in [5.74, 6) is 2.72. The average molecular weight is 625 g/mol. The largest absolute Gasteiger partial charge is 0.493 e. The molecule has 1 N–H and O–H groups in total. The minimum Gasteiger partial charge on any atom is -0.493 e. The lowest BCUT2D eigenvalue weighted by Gasteiger charge is -2.44. The predicted molar refractivity (Wildman–Crippen MR) is 170 cm³/mol. The fraction of sp³-hybridized carbons (Fsp3) is 0.394. The average Bonchev–Trinajstić information content (AvgIpc) is 3.56. The number of carbonyl (C=O) groups is 1. The number of hydrogen-bond acceptors (Lipinski definition) is 11. The number of rotatable bonds is 7. The number of ether oxygens (including phenoxy) is 4. The van der Waals surface area contributed by atoms with Gasteiger partial charge < -0.3 is 24.3 Å². The van der Waals surface area contributed by atoms with Crippen LogP contribution in [0.5, 0.6) is 23.1 Å². The summed E-state index contributed by atoms with van der Waals surface area (Å²) in [7, 11) is 1.60. The van der Waals surface area contributed by atoms with Gasteiger partial charge in [-0.25, -0.2) is 29.2 Å². The lowest BCUT2D eigenvalue weighted by molar-refractivity contribution is -0.0979. The van der Waals surface area contributed by atoms with E-state index in [9.17, 15) is 4.79 Å². The third-order valence-electron chi connectivity index (χ3n) is 8.39. The van der Waals surface area contributed by atoms with Crippen molar-refractivity contribution in [1.82, 2.24) is 34.4 Å². The Balaban J connectivity index is 1.17. The van der Waals surface area contributed by atoms with Crippen LogP contribution >= 0.6 is 0 Å². The molecule has 5 aromatic rings. The van der Waals surface area contributed by atoms with Crippen LogP contribution in [-0.4, -0.2) is 65.0 Å². The van der Waals surface area contributed by atoms with Crippen LogP contribution in [0.1, 0.15) is 58.4 Å². The lowest BCUT2D eigenvalue weighted by Crippen LogP contribution is -2.57. The fourth-order valence-electron chi connectivity index (χ4n) is 6.35. The number of piperidine rings is 1. The second-order valence-corrected chi connectivity index (χ2v) is 12.7. The van der Waals surface area contributed by atoms with Gasteiger partial charge in [0.15, 0.2) is 22.9 Å². The molecular formula is C33H36N8O5. The molecule has 1 amide bonds. The van der Waals surface area contributed by atoms with Crippen molar-refractivity contribution in [3.05, 3.63) is 60.9 Å². The van der Waals surface area contributed by atoms with E-state index < -0.39 is 11.3 Å². The molecule has 3 aromatic heterocycles. The molecule has 2 bridgehead atoms. The van der Waals surface area contributed by atoms with Gasteiger partial charge in [0, 0.05) is 42.1 Å². The van der Waals surface area contributed by atoms with Gasteiger partial charge in [0.2, 0.25) is 5.88 Å². The number of hydrogen-bond donors (Lipinski definition) is 1. The van der Waals surface area contributed by atoms with Gasteiger partial charge in [-0.3, -0.25) is 4.90 Å². The van der Waals surface area contributed by atoms with E-state index in [1.807, 2.05) is 62.9 Å². The van der Waals surface area contributed by atoms with Crippen LogP contribution in [0.25, 0.3) is 16.6 Å². The van der Waals surface area contributed by atoms with Gasteiger partial charge in [0.1, 0.15) is 36.2 Å². The zero-order valence-electron chi connectivity index (χ0n) is 26.5. The number of benzene rings is 2. The van der Waals surface area contributed by atoms with Crippen LogP contribution < -0.4 is 19.5 Å². The molecule has 0 radical (unpaired) electrons. The topological polar surface area (TPSA) is 138 Å². The van der Waals surface area contributed by atoms with Gasteiger partial charge in [-0.15, -0.1) is 0 Å². The smallest absolute Gasteiger partial charge is 0.413 e. The van der Waals surface area contributed by atoms with E-state index in [1.54, 1.807) is 24.0 Å². The van der Waals surface area contributed by atoms with Crippen LogP contribution in [0.2, 0.25) is 0 Å². The SMILES string of the molecule is COc1cc2ncnc(Nc3ccc(Oc4cc5ncnn5cn4)c(C)c3)c2cc1OC12CCCC(CC1)N2C(=O)OC(C)(C)C. The Labute approximate surface area is 265 Å². The Bertz CT molecular complexity index is 1940. The van der Waals surface area contributed by atoms with Crippen molar-refractivity contribution in [3.8, 4) is 23.1 Å². The molecule has 46 heavy (non-hydrogen) atoms. The molecule has 2 aliphatic heterocycles. The van der Waals surface area contributed by atoms with E-state index in [4.69, 9.17) is 18.9 Å². The van der Waals surface area contributed by atoms with E-state index in [2.05, 4.69) is 30.4 Å². The molecular weight excluding hydrogens is 588 g/mol. The number of nitrogens with one attached hydrogen (secondary N) is 1. The minimum absolute atomic E-state index is 0.0761. The first-order chi connectivity index (χ1) is 22.1. The van der Waals surface area contributed by atoms with Gasteiger partial charge in [0.05, 0.1) is 12.6 Å². The molecule has 238 valence electrons. The van der Waals surface area contributed by atoms with Crippen molar-refractivity contribution >= 4 is 34.1 Å². The van der Waals surface area contributed by atoms with E-state index in [0.717, 1.165) is 35.9 Å². The van der Waals surface area contributed by atoms with E-state index >= 15 is 0 Å². The maximum atomic E-state index is 13.4. The van der Waals surface area contributed by atoms with E-state index in [-0.39, 0.29) is 12.1 Å². The van der Waals surface area contributed by atoms with Crippen molar-refractivity contribution in [2.24, 2.45) is 0 Å². The molecule has 2 aliphatic rings. The van der Waals surface area contributed by atoms with Gasteiger partial charge in [-0.1, -0.05) is 0 Å². The Kier molecular flexibility index (Phi) is 7.25. The first kappa shape index (κ1) is 29.5. The van der Waals surface area contributed by atoms with Crippen LogP contribution in [0.3, 0.4) is 0 Å². The maximum Gasteiger partial charge on any atom is 0.413 e. The van der Waals surface area contributed by atoms with Gasteiger partial charge >= 0.3 is 6.09 Å². The summed E-state index contributed by atoms with van der Waals surface area (Å²) >= 11 is 0. The normalized spacial score (nSPS) is 19.3. The van der Waals surface area contributed by atoms with Gasteiger partial charge in [-0.2, -0.15) is 5.10 Å². The molecule has 2 aromatic carbocycles. The van der Waals surface area contributed by atoms with Crippen molar-refractivity contribution in [3.63, 3.8) is 0 Å². The van der Waals surface area contributed by atoms with Gasteiger partial charge in [-0.05, 0) is 76.8 Å². The fourth-order valence-corrected chi connectivity index (χ4v) is 6.35. The third kappa shape index (κ3) is 5.57. The number of nitrogens with zero attached hydrogens (tertiary/aromatic N) is 7. The zero-order chi connectivity index (χ0) is 32.1. The first-order valence-electron chi connectivity index (χ1n) is 15.4. The molecule has 13 nitrogen and oxygen atoms in total. The monoisotopic (exact) mass is 624 g/mol.